The highest BCUT2D eigenvalue weighted by molar-refractivity contribution is 6.58. The van der Waals surface area contributed by atoms with Gasteiger partial charge in [-0.25, -0.2) is 0 Å². The van der Waals surface area contributed by atoms with Crippen molar-refractivity contribution in [1.82, 2.24) is 0 Å². The summed E-state index contributed by atoms with van der Waals surface area (Å²) < 4.78 is 0. The minimum atomic E-state index is -0.0880. The second-order valence-corrected chi connectivity index (χ2v) is 17.3. The van der Waals surface area contributed by atoms with E-state index in [2.05, 4.69) is 85.8 Å². The van der Waals surface area contributed by atoms with Gasteiger partial charge in [0.15, 0.2) is 0 Å². The van der Waals surface area contributed by atoms with Gasteiger partial charge in [0.25, 0.3) is 0 Å². The van der Waals surface area contributed by atoms with Crippen LogP contribution in [0.4, 0.5) is 0 Å². The van der Waals surface area contributed by atoms with Gasteiger partial charge in [0.05, 0.1) is 0 Å². The number of hydrogen-bond acceptors (Lipinski definition) is 0. The van der Waals surface area contributed by atoms with E-state index in [4.69, 9.17) is 0 Å². The predicted molar refractivity (Wildman–Crippen MR) is 201 cm³/mol. The van der Waals surface area contributed by atoms with Gasteiger partial charge in [-0.2, -0.15) is 0 Å². The lowest BCUT2D eigenvalue weighted by Crippen LogP contribution is -2.55. The van der Waals surface area contributed by atoms with Gasteiger partial charge in [-0.1, -0.05) is 84.5 Å². The van der Waals surface area contributed by atoms with E-state index in [-0.39, 0.29) is 10.8 Å². The van der Waals surface area contributed by atoms with Gasteiger partial charge < -0.3 is 0 Å². The van der Waals surface area contributed by atoms with Crippen LogP contribution in [0.25, 0.3) is 97.3 Å². The smallest absolute Gasteiger partial charge is 0.0402 e. The molecule has 0 heteroatoms. The monoisotopic (exact) mass is 610 g/mol. The van der Waals surface area contributed by atoms with Crippen LogP contribution in [0, 0.1) is 12.3 Å². The fourth-order valence-corrected chi connectivity index (χ4v) is 15.5. The molecule has 0 N–H and O–H groups in total. The molecule has 8 aliphatic rings. The van der Waals surface area contributed by atoms with Crippen molar-refractivity contribution in [2.24, 2.45) is 5.41 Å². The molecule has 4 unspecified atom stereocenters. The van der Waals surface area contributed by atoms with E-state index >= 15 is 0 Å². The molecule has 0 saturated carbocycles. The summed E-state index contributed by atoms with van der Waals surface area (Å²) in [6.45, 7) is 2.30. The third-order valence-corrected chi connectivity index (χ3v) is 16.4. The second kappa shape index (κ2) is 5.60. The molecule has 10 aromatic rings. The van der Waals surface area contributed by atoms with E-state index in [9.17, 15) is 0 Å². The molecular formula is C49H22. The Balaban J connectivity index is 1.29. The number of allylic oxidation sites excluding steroid dienone is 8. The predicted octanol–water partition coefficient (Wildman–Crippen LogP) is 10.7. The molecule has 0 nitrogen and oxygen atoms in total. The number of rotatable bonds is 0. The molecule has 2 spiro atoms. The average Bonchev–Trinajstić information content (AvgIpc) is 3.92. The Kier molecular flexibility index (Phi) is 2.45. The molecule has 18 rings (SSSR count). The van der Waals surface area contributed by atoms with E-state index in [1.807, 2.05) is 0 Å². The Bertz CT molecular complexity index is 3720. The van der Waals surface area contributed by atoms with Crippen LogP contribution >= 0.6 is 0 Å². The highest BCUT2D eigenvalue weighted by Crippen LogP contribution is 2.81. The van der Waals surface area contributed by atoms with Gasteiger partial charge in [0.1, 0.15) is 0 Å². The molecule has 218 valence electrons. The van der Waals surface area contributed by atoms with Gasteiger partial charge in [-0.15, -0.1) is 0 Å². The van der Waals surface area contributed by atoms with E-state index in [1.54, 1.807) is 126 Å². The largest absolute Gasteiger partial charge is 0.0754 e. The Morgan fingerprint density at radius 1 is 0.571 bits per heavy atom. The molecule has 0 aromatic heterocycles. The average molecular weight is 611 g/mol. The van der Waals surface area contributed by atoms with Crippen LogP contribution in [-0.2, 0) is 18.3 Å². The molecule has 4 atom stereocenters. The maximum Gasteiger partial charge on any atom is 0.0402 e. The van der Waals surface area contributed by atoms with Crippen LogP contribution in [0.15, 0.2) is 95.6 Å². The molecule has 0 fully saturated rings. The number of hydrogen-bond donors (Lipinski definition) is 0. The summed E-state index contributed by atoms with van der Waals surface area (Å²) in [5, 5.41) is 26.7. The van der Waals surface area contributed by atoms with E-state index in [1.165, 1.54) is 32.3 Å². The Morgan fingerprint density at radius 3 is 2.12 bits per heavy atom. The fourth-order valence-electron chi connectivity index (χ4n) is 15.5. The molecule has 0 amide bonds. The fraction of sp³-hybridized carbons (Fsp3) is 0.143. The first kappa shape index (κ1) is 21.5. The first-order valence-corrected chi connectivity index (χ1v) is 18.4. The molecule has 0 bridgehead atoms. The summed E-state index contributed by atoms with van der Waals surface area (Å²) in [7, 11) is 0. The number of benzene rings is 7. The summed E-state index contributed by atoms with van der Waals surface area (Å²) in [4.78, 5) is 0. The van der Waals surface area contributed by atoms with Crippen molar-refractivity contribution >= 4 is 97.3 Å². The van der Waals surface area contributed by atoms with Gasteiger partial charge in [-0.3, -0.25) is 0 Å². The SMILES string of the molecule is Cc1ccc2c(c1)CC13C4=C5C=CC6c7ccc8c9ccc%10c%11ccc%12c%13c(c%14c%15c%16c(c7c8c7c%16c%14c(c%13%11)c%10c97)C6C5=C%151)C3(C2)C=%12C=C4. The van der Waals surface area contributed by atoms with Crippen molar-refractivity contribution in [3.8, 4) is 0 Å². The van der Waals surface area contributed by atoms with Gasteiger partial charge in [-0.05, 0) is 172 Å². The zero-order chi connectivity index (χ0) is 30.5. The summed E-state index contributed by atoms with van der Waals surface area (Å²) in [5.74, 6) is 0.846. The van der Waals surface area contributed by atoms with Crippen LogP contribution in [0.1, 0.15) is 50.8 Å². The molecule has 8 aliphatic carbocycles. The Hall–Kier alpha value is -5.46. The van der Waals surface area contributed by atoms with E-state index < -0.39 is 0 Å². The van der Waals surface area contributed by atoms with Crippen LogP contribution in [-0.4, -0.2) is 0 Å². The van der Waals surface area contributed by atoms with E-state index in [0.29, 0.717) is 11.8 Å². The highest BCUT2D eigenvalue weighted by Gasteiger charge is 2.70. The summed E-state index contributed by atoms with van der Waals surface area (Å²) >= 11 is 0. The van der Waals surface area contributed by atoms with Gasteiger partial charge >= 0.3 is 0 Å². The Morgan fingerprint density at radius 2 is 1.27 bits per heavy atom. The summed E-state index contributed by atoms with van der Waals surface area (Å²) in [6, 6.07) is 22.6. The molecule has 0 radical (unpaired) electrons. The quantitative estimate of drug-likeness (QED) is 0.150. The normalized spacial score (nSPS) is 28.6. The highest BCUT2D eigenvalue weighted by atomic mass is 14.7. The number of aryl methyl sites for hydroxylation is 1. The summed E-state index contributed by atoms with van der Waals surface area (Å²) in [6.07, 6.45) is 12.7. The first-order valence-electron chi connectivity index (χ1n) is 18.4. The molecular weight excluding hydrogens is 589 g/mol. The van der Waals surface area contributed by atoms with Crippen molar-refractivity contribution in [2.45, 2.75) is 37.0 Å². The number of fused-ring (bicyclic) bond motifs is 4. The second-order valence-electron chi connectivity index (χ2n) is 17.3. The third kappa shape index (κ3) is 1.50. The molecule has 10 aromatic carbocycles. The van der Waals surface area contributed by atoms with Crippen molar-refractivity contribution in [2.75, 3.05) is 0 Å². The molecule has 0 heterocycles. The van der Waals surface area contributed by atoms with Crippen LogP contribution in [0.3, 0.4) is 0 Å². The lowest BCUT2D eigenvalue weighted by molar-refractivity contribution is 0.282. The van der Waals surface area contributed by atoms with Crippen LogP contribution < -0.4 is 5.22 Å². The van der Waals surface area contributed by atoms with Crippen LogP contribution in [0.2, 0.25) is 0 Å². The Labute approximate surface area is 278 Å². The first-order chi connectivity index (χ1) is 24.2. The van der Waals surface area contributed by atoms with Crippen LogP contribution in [0.5, 0.6) is 0 Å². The summed E-state index contributed by atoms with van der Waals surface area (Å²) in [5.41, 5.74) is 19.4. The maximum absolute atomic E-state index is 2.64. The topological polar surface area (TPSA) is 0 Å². The van der Waals surface area contributed by atoms with Gasteiger partial charge in [0, 0.05) is 22.7 Å². The van der Waals surface area contributed by atoms with Gasteiger partial charge in [0.2, 0.25) is 0 Å². The maximum atomic E-state index is 2.64. The standard InChI is InChI=1S/C49H22/c1-17-2-3-18-15-48-28-12-13-29-27-11-9-25-23-7-5-21-20-4-6-22-24-8-10-26(28)36-34(24)39-32(22)30(20)38-31(21)33(23)40-35(25)37(27)47(49(29,48)16-19(18)14-17)45-43(40)41(38)42(39)44(45)46(36)48/h2-14,25,35H,15-16H2,1H3. The minimum Gasteiger partial charge on any atom is -0.0754 e. The molecule has 0 aliphatic heterocycles. The zero-order valence-electron chi connectivity index (χ0n) is 26.6. The van der Waals surface area contributed by atoms with Crippen molar-refractivity contribution in [1.29, 1.82) is 0 Å². The van der Waals surface area contributed by atoms with Crippen molar-refractivity contribution < 1.29 is 0 Å². The molecule has 49 heavy (non-hydrogen) atoms. The molecule has 0 saturated heterocycles. The van der Waals surface area contributed by atoms with Crippen molar-refractivity contribution in [3.05, 3.63) is 140 Å². The third-order valence-electron chi connectivity index (χ3n) is 16.4. The minimum absolute atomic E-state index is 0.0778. The van der Waals surface area contributed by atoms with Crippen molar-refractivity contribution in [3.63, 3.8) is 0 Å². The van der Waals surface area contributed by atoms with E-state index in [0.717, 1.165) is 12.8 Å². The lowest BCUT2D eigenvalue weighted by Gasteiger charge is -2.59. The lowest BCUT2D eigenvalue weighted by atomic mass is 9.42. The zero-order valence-corrected chi connectivity index (χ0v) is 26.6.